The molecule has 0 bridgehead atoms. The van der Waals surface area contributed by atoms with E-state index >= 15 is 0 Å². The van der Waals surface area contributed by atoms with E-state index in [4.69, 9.17) is 11.5 Å². The smallest absolute Gasteiger partial charge is 0.251 e. The van der Waals surface area contributed by atoms with Crippen LogP contribution in [0.4, 0.5) is 11.6 Å². The lowest BCUT2D eigenvalue weighted by Gasteiger charge is -2.26. The minimum atomic E-state index is -0.518. The Morgan fingerprint density at radius 1 is 1.32 bits per heavy atom. The lowest BCUT2D eigenvalue weighted by molar-refractivity contribution is 0.100. The van der Waals surface area contributed by atoms with Crippen LogP contribution < -0.4 is 21.7 Å². The maximum absolute atomic E-state index is 11.4. The Labute approximate surface area is 110 Å². The minimum Gasteiger partial charge on any atom is -0.399 e. The second-order valence-corrected chi connectivity index (χ2v) is 4.63. The van der Waals surface area contributed by atoms with Gasteiger partial charge in [0, 0.05) is 31.9 Å². The van der Waals surface area contributed by atoms with Gasteiger partial charge in [-0.25, -0.2) is 4.98 Å². The number of imidazole rings is 1. The predicted molar refractivity (Wildman–Crippen MR) is 74.1 cm³/mol. The van der Waals surface area contributed by atoms with Crippen LogP contribution in [0.1, 0.15) is 10.4 Å². The van der Waals surface area contributed by atoms with Gasteiger partial charge in [-0.3, -0.25) is 4.79 Å². The first-order valence-electron chi connectivity index (χ1n) is 6.20. The Bertz CT molecular complexity index is 628. The molecule has 1 saturated heterocycles. The number of piperazine rings is 1. The summed E-state index contributed by atoms with van der Waals surface area (Å²) in [6.45, 7) is 3.59. The van der Waals surface area contributed by atoms with Gasteiger partial charge in [0.1, 0.15) is 5.52 Å². The number of anilines is 2. The number of rotatable bonds is 2. The van der Waals surface area contributed by atoms with Crippen LogP contribution in [0, 0.1) is 0 Å². The number of benzene rings is 1. The second kappa shape index (κ2) is 4.43. The number of primary amides is 1. The van der Waals surface area contributed by atoms with Crippen molar-refractivity contribution < 1.29 is 4.79 Å². The lowest BCUT2D eigenvalue weighted by Crippen LogP contribution is -2.44. The van der Waals surface area contributed by atoms with Crippen molar-refractivity contribution >= 4 is 28.6 Å². The number of H-pyrrole nitrogens is 1. The average Bonchev–Trinajstić information content (AvgIpc) is 2.82. The number of amides is 1. The Morgan fingerprint density at radius 3 is 2.74 bits per heavy atom. The molecule has 19 heavy (non-hydrogen) atoms. The number of aromatic nitrogens is 2. The van der Waals surface area contributed by atoms with Gasteiger partial charge in [-0.15, -0.1) is 0 Å². The number of nitrogens with two attached hydrogens (primary N) is 2. The highest BCUT2D eigenvalue weighted by Gasteiger charge is 2.17. The van der Waals surface area contributed by atoms with Crippen LogP contribution in [-0.2, 0) is 0 Å². The molecule has 0 spiro atoms. The van der Waals surface area contributed by atoms with Crippen molar-refractivity contribution in [3.8, 4) is 0 Å². The monoisotopic (exact) mass is 260 g/mol. The van der Waals surface area contributed by atoms with E-state index in [-0.39, 0.29) is 0 Å². The van der Waals surface area contributed by atoms with Gasteiger partial charge >= 0.3 is 0 Å². The molecule has 1 aromatic carbocycles. The van der Waals surface area contributed by atoms with E-state index in [1.54, 1.807) is 12.1 Å². The number of aromatic amines is 1. The molecule has 7 heteroatoms. The Kier molecular flexibility index (Phi) is 2.75. The number of carbonyl (C=O) groups excluding carboxylic acids is 1. The molecule has 1 aromatic heterocycles. The summed E-state index contributed by atoms with van der Waals surface area (Å²) >= 11 is 0. The van der Waals surface area contributed by atoms with Crippen LogP contribution in [0.5, 0.6) is 0 Å². The number of hydrogen-bond acceptors (Lipinski definition) is 5. The highest BCUT2D eigenvalue weighted by molar-refractivity contribution is 6.05. The summed E-state index contributed by atoms with van der Waals surface area (Å²) in [6, 6.07) is 3.33. The third-order valence-corrected chi connectivity index (χ3v) is 3.28. The Morgan fingerprint density at radius 2 is 2.05 bits per heavy atom. The fraction of sp³-hybridized carbons (Fsp3) is 0.333. The van der Waals surface area contributed by atoms with Crippen LogP contribution in [0.3, 0.4) is 0 Å². The molecule has 100 valence electrons. The van der Waals surface area contributed by atoms with Crippen LogP contribution in [-0.4, -0.2) is 42.1 Å². The van der Waals surface area contributed by atoms with E-state index in [9.17, 15) is 4.79 Å². The van der Waals surface area contributed by atoms with Crippen LogP contribution >= 0.6 is 0 Å². The number of nitrogens with one attached hydrogen (secondary N) is 2. The molecular weight excluding hydrogens is 244 g/mol. The van der Waals surface area contributed by atoms with Crippen molar-refractivity contribution in [3.05, 3.63) is 17.7 Å². The van der Waals surface area contributed by atoms with E-state index < -0.39 is 5.91 Å². The topological polar surface area (TPSA) is 113 Å². The van der Waals surface area contributed by atoms with Crippen molar-refractivity contribution in [2.75, 3.05) is 36.8 Å². The maximum Gasteiger partial charge on any atom is 0.251 e. The number of fused-ring (bicyclic) bond motifs is 1. The highest BCUT2D eigenvalue weighted by Crippen LogP contribution is 2.23. The zero-order chi connectivity index (χ0) is 13.4. The first-order chi connectivity index (χ1) is 9.15. The molecular formula is C12H16N6O. The number of hydrogen-bond donors (Lipinski definition) is 4. The molecule has 2 aromatic rings. The van der Waals surface area contributed by atoms with Gasteiger partial charge in [0.15, 0.2) is 0 Å². The predicted octanol–water partition coefficient (Wildman–Crippen LogP) is -0.346. The first-order valence-corrected chi connectivity index (χ1v) is 6.20. The van der Waals surface area contributed by atoms with Gasteiger partial charge in [0.2, 0.25) is 5.95 Å². The largest absolute Gasteiger partial charge is 0.399 e. The van der Waals surface area contributed by atoms with Crippen molar-refractivity contribution in [1.82, 2.24) is 15.3 Å². The van der Waals surface area contributed by atoms with Gasteiger partial charge in [-0.2, -0.15) is 0 Å². The van der Waals surface area contributed by atoms with Gasteiger partial charge in [0.05, 0.1) is 11.1 Å². The third kappa shape index (κ3) is 2.08. The second-order valence-electron chi connectivity index (χ2n) is 4.63. The Balaban J connectivity index is 2.09. The normalized spacial score (nSPS) is 15.9. The zero-order valence-corrected chi connectivity index (χ0v) is 10.4. The molecule has 6 N–H and O–H groups in total. The van der Waals surface area contributed by atoms with E-state index in [0.717, 1.165) is 37.6 Å². The van der Waals surface area contributed by atoms with Crippen LogP contribution in [0.2, 0.25) is 0 Å². The third-order valence-electron chi connectivity index (χ3n) is 3.28. The molecule has 1 amide bonds. The number of nitrogens with zero attached hydrogens (tertiary/aromatic N) is 2. The summed E-state index contributed by atoms with van der Waals surface area (Å²) in [7, 11) is 0. The summed E-state index contributed by atoms with van der Waals surface area (Å²) in [5.74, 6) is 0.236. The zero-order valence-electron chi connectivity index (χ0n) is 10.4. The van der Waals surface area contributed by atoms with Crippen LogP contribution in [0.15, 0.2) is 12.1 Å². The summed E-state index contributed by atoms with van der Waals surface area (Å²) in [4.78, 5) is 21.3. The van der Waals surface area contributed by atoms with Crippen molar-refractivity contribution in [1.29, 1.82) is 0 Å². The molecule has 0 aliphatic carbocycles. The molecule has 0 saturated carbocycles. The number of carbonyl (C=O) groups is 1. The van der Waals surface area contributed by atoms with Gasteiger partial charge in [-0.1, -0.05) is 0 Å². The van der Waals surface area contributed by atoms with Gasteiger partial charge in [0.25, 0.3) is 5.91 Å². The molecule has 0 radical (unpaired) electrons. The molecule has 0 unspecified atom stereocenters. The fourth-order valence-electron chi connectivity index (χ4n) is 2.34. The molecule has 1 aliphatic heterocycles. The highest BCUT2D eigenvalue weighted by atomic mass is 16.1. The van der Waals surface area contributed by atoms with E-state index in [2.05, 4.69) is 20.2 Å². The summed E-state index contributed by atoms with van der Waals surface area (Å²) in [5.41, 5.74) is 13.3. The molecule has 0 atom stereocenters. The minimum absolute atomic E-state index is 0.354. The van der Waals surface area contributed by atoms with E-state index in [1.165, 1.54) is 0 Å². The summed E-state index contributed by atoms with van der Waals surface area (Å²) < 4.78 is 0. The lowest BCUT2D eigenvalue weighted by atomic mass is 10.1. The summed E-state index contributed by atoms with van der Waals surface area (Å²) in [5, 5.41) is 3.28. The quantitative estimate of drug-likeness (QED) is 0.551. The molecule has 1 fully saturated rings. The Hall–Kier alpha value is -2.28. The van der Waals surface area contributed by atoms with E-state index in [1.807, 2.05) is 0 Å². The standard InChI is InChI=1S/C12H16N6O/c13-7-5-8(11(14)19)10-9(6-7)16-12(17-10)18-3-1-15-2-4-18/h5-6,15H,1-4,13H2,(H2,14,19)(H,16,17). The first kappa shape index (κ1) is 11.8. The molecule has 1 aliphatic rings. The average molecular weight is 260 g/mol. The van der Waals surface area contributed by atoms with Crippen LogP contribution in [0.25, 0.3) is 11.0 Å². The van der Waals surface area contributed by atoms with Crippen molar-refractivity contribution in [2.45, 2.75) is 0 Å². The molecule has 7 nitrogen and oxygen atoms in total. The van der Waals surface area contributed by atoms with Crippen molar-refractivity contribution in [2.24, 2.45) is 5.73 Å². The summed E-state index contributed by atoms with van der Waals surface area (Å²) in [6.07, 6.45) is 0. The molecule has 3 rings (SSSR count). The van der Waals surface area contributed by atoms with E-state index in [0.29, 0.717) is 16.8 Å². The maximum atomic E-state index is 11.4. The number of nitrogen functional groups attached to an aromatic ring is 1. The van der Waals surface area contributed by atoms with Crippen molar-refractivity contribution in [3.63, 3.8) is 0 Å². The fourth-order valence-corrected chi connectivity index (χ4v) is 2.34. The van der Waals surface area contributed by atoms with Gasteiger partial charge in [-0.05, 0) is 12.1 Å². The molecule has 2 heterocycles. The van der Waals surface area contributed by atoms with Gasteiger partial charge < -0.3 is 26.7 Å². The SMILES string of the molecule is NC(=O)c1cc(N)cc2[nH]c(N3CCNCC3)nc12.